The highest BCUT2D eigenvalue weighted by molar-refractivity contribution is 5.63. The zero-order valence-electron chi connectivity index (χ0n) is 9.56. The lowest BCUT2D eigenvalue weighted by Crippen LogP contribution is -2.26. The normalized spacial score (nSPS) is 11.0. The number of rotatable bonds is 2. The van der Waals surface area contributed by atoms with Crippen molar-refractivity contribution in [2.75, 3.05) is 0 Å². The summed E-state index contributed by atoms with van der Waals surface area (Å²) >= 11 is 0. The molecule has 0 amide bonds. The third kappa shape index (κ3) is 4.27. The zero-order valence-corrected chi connectivity index (χ0v) is 9.56. The summed E-state index contributed by atoms with van der Waals surface area (Å²) in [4.78, 5) is 15.2. The highest BCUT2D eigenvalue weighted by Gasteiger charge is 2.18. The van der Waals surface area contributed by atoms with Gasteiger partial charge in [0.05, 0.1) is 12.3 Å². The van der Waals surface area contributed by atoms with Crippen molar-refractivity contribution in [3.05, 3.63) is 23.9 Å². The van der Waals surface area contributed by atoms with Crippen LogP contribution in [0.5, 0.6) is 5.88 Å². The summed E-state index contributed by atoms with van der Waals surface area (Å²) in [5, 5.41) is 8.85. The number of hydrogen-bond donors (Lipinski definition) is 1. The van der Waals surface area contributed by atoms with E-state index in [1.54, 1.807) is 32.9 Å². The van der Waals surface area contributed by atoms with E-state index in [1.807, 2.05) is 0 Å². The molecule has 0 saturated carbocycles. The number of aliphatic hydroxyl groups is 1. The molecule has 16 heavy (non-hydrogen) atoms. The Morgan fingerprint density at radius 3 is 2.69 bits per heavy atom. The number of carbonyl (C=O) groups is 1. The van der Waals surface area contributed by atoms with E-state index in [1.165, 1.54) is 6.07 Å². The van der Waals surface area contributed by atoms with Crippen molar-refractivity contribution in [3.8, 4) is 5.88 Å². The van der Waals surface area contributed by atoms with Gasteiger partial charge in [0.1, 0.15) is 5.60 Å². The summed E-state index contributed by atoms with van der Waals surface area (Å²) in [5.74, 6) is 0.112. The lowest BCUT2D eigenvalue weighted by atomic mass is 10.2. The van der Waals surface area contributed by atoms with Crippen molar-refractivity contribution in [2.24, 2.45) is 0 Å². The Kier molecular flexibility index (Phi) is 3.84. The Labute approximate surface area is 94.0 Å². The molecule has 0 spiro atoms. The van der Waals surface area contributed by atoms with Crippen LogP contribution in [0.2, 0.25) is 0 Å². The van der Waals surface area contributed by atoms with Gasteiger partial charge in [-0.15, -0.1) is 0 Å². The van der Waals surface area contributed by atoms with Gasteiger partial charge in [-0.25, -0.2) is 9.78 Å². The minimum atomic E-state index is -0.810. The van der Waals surface area contributed by atoms with Crippen molar-refractivity contribution >= 4 is 6.16 Å². The molecule has 0 aliphatic rings. The van der Waals surface area contributed by atoms with E-state index in [0.717, 1.165) is 0 Å². The molecule has 0 radical (unpaired) electrons. The van der Waals surface area contributed by atoms with Crippen molar-refractivity contribution in [2.45, 2.75) is 33.0 Å². The predicted molar refractivity (Wildman–Crippen MR) is 57.0 cm³/mol. The minimum absolute atomic E-state index is 0.112. The molecule has 1 rings (SSSR count). The number of nitrogens with zero attached hydrogens (tertiary/aromatic N) is 1. The van der Waals surface area contributed by atoms with Gasteiger partial charge >= 0.3 is 6.16 Å². The molecule has 1 heterocycles. The third-order valence-corrected chi connectivity index (χ3v) is 1.52. The molecule has 5 heteroatoms. The second-order valence-electron chi connectivity index (χ2n) is 4.19. The van der Waals surface area contributed by atoms with Crippen LogP contribution in [0.1, 0.15) is 26.5 Å². The SMILES string of the molecule is CC(C)(C)OC(=O)Oc1cccc(CO)n1. The fourth-order valence-corrected chi connectivity index (χ4v) is 0.959. The second kappa shape index (κ2) is 4.94. The summed E-state index contributed by atoms with van der Waals surface area (Å²) in [6, 6.07) is 4.78. The first kappa shape index (κ1) is 12.4. The number of pyridine rings is 1. The van der Waals surface area contributed by atoms with E-state index in [0.29, 0.717) is 5.69 Å². The van der Waals surface area contributed by atoms with Crippen molar-refractivity contribution in [1.82, 2.24) is 4.98 Å². The van der Waals surface area contributed by atoms with Gasteiger partial charge in [0.15, 0.2) is 0 Å². The van der Waals surface area contributed by atoms with E-state index >= 15 is 0 Å². The number of ether oxygens (including phenoxy) is 2. The summed E-state index contributed by atoms with van der Waals surface area (Å²) in [6.45, 7) is 5.02. The molecule has 0 atom stereocenters. The highest BCUT2D eigenvalue weighted by Crippen LogP contribution is 2.12. The van der Waals surface area contributed by atoms with E-state index in [4.69, 9.17) is 14.6 Å². The number of aromatic nitrogens is 1. The van der Waals surface area contributed by atoms with Crippen LogP contribution < -0.4 is 4.74 Å². The fraction of sp³-hybridized carbons (Fsp3) is 0.455. The van der Waals surface area contributed by atoms with Crippen LogP contribution in [-0.2, 0) is 11.3 Å². The van der Waals surface area contributed by atoms with Gasteiger partial charge in [0.25, 0.3) is 0 Å². The van der Waals surface area contributed by atoms with E-state index < -0.39 is 11.8 Å². The lowest BCUT2D eigenvalue weighted by molar-refractivity contribution is 0.0196. The van der Waals surface area contributed by atoms with E-state index in [9.17, 15) is 4.79 Å². The summed E-state index contributed by atoms with van der Waals surface area (Å²) in [6.07, 6.45) is -0.810. The van der Waals surface area contributed by atoms with Gasteiger partial charge < -0.3 is 14.6 Å². The van der Waals surface area contributed by atoms with Gasteiger partial charge in [0, 0.05) is 6.07 Å². The van der Waals surface area contributed by atoms with Crippen LogP contribution in [0.3, 0.4) is 0 Å². The maximum absolute atomic E-state index is 11.3. The highest BCUT2D eigenvalue weighted by atomic mass is 16.7. The average molecular weight is 225 g/mol. The standard InChI is InChI=1S/C11H15NO4/c1-11(2,3)16-10(14)15-9-6-4-5-8(7-13)12-9/h4-6,13H,7H2,1-3H3. The molecule has 0 fully saturated rings. The maximum Gasteiger partial charge on any atom is 0.515 e. The Morgan fingerprint density at radius 2 is 2.12 bits per heavy atom. The molecular weight excluding hydrogens is 210 g/mol. The smallest absolute Gasteiger partial charge is 0.428 e. The van der Waals surface area contributed by atoms with Gasteiger partial charge in [-0.3, -0.25) is 0 Å². The monoisotopic (exact) mass is 225 g/mol. The van der Waals surface area contributed by atoms with Gasteiger partial charge in [-0.2, -0.15) is 0 Å². The molecule has 1 aromatic rings. The quantitative estimate of drug-likeness (QED) is 0.778. The van der Waals surface area contributed by atoms with E-state index in [-0.39, 0.29) is 12.5 Å². The molecule has 0 aliphatic heterocycles. The molecule has 0 aliphatic carbocycles. The zero-order chi connectivity index (χ0) is 12.2. The molecule has 0 unspecified atom stereocenters. The summed E-state index contributed by atoms with van der Waals surface area (Å²) in [7, 11) is 0. The van der Waals surface area contributed by atoms with Crippen LogP contribution in [0.25, 0.3) is 0 Å². The molecule has 0 aromatic carbocycles. The Morgan fingerprint density at radius 1 is 1.44 bits per heavy atom. The van der Waals surface area contributed by atoms with Crippen LogP contribution >= 0.6 is 0 Å². The van der Waals surface area contributed by atoms with Crippen LogP contribution in [-0.4, -0.2) is 21.8 Å². The minimum Gasteiger partial charge on any atom is -0.428 e. The van der Waals surface area contributed by atoms with Gasteiger partial charge in [-0.1, -0.05) is 6.07 Å². The summed E-state index contributed by atoms with van der Waals surface area (Å²) in [5.41, 5.74) is -0.174. The Bertz CT molecular complexity index is 370. The number of carbonyl (C=O) groups excluding carboxylic acids is 1. The Hall–Kier alpha value is -1.62. The van der Waals surface area contributed by atoms with Crippen LogP contribution in [0.4, 0.5) is 4.79 Å². The molecule has 0 bridgehead atoms. The number of hydrogen-bond acceptors (Lipinski definition) is 5. The topological polar surface area (TPSA) is 68.7 Å². The average Bonchev–Trinajstić information content (AvgIpc) is 2.15. The first-order valence-electron chi connectivity index (χ1n) is 4.88. The molecular formula is C11H15NO4. The molecule has 88 valence electrons. The summed E-state index contributed by atoms with van der Waals surface area (Å²) < 4.78 is 9.80. The molecule has 0 saturated heterocycles. The second-order valence-corrected chi connectivity index (χ2v) is 4.19. The van der Waals surface area contributed by atoms with Crippen molar-refractivity contribution in [3.63, 3.8) is 0 Å². The van der Waals surface area contributed by atoms with Crippen LogP contribution in [0, 0.1) is 0 Å². The van der Waals surface area contributed by atoms with Crippen molar-refractivity contribution < 1.29 is 19.4 Å². The maximum atomic E-state index is 11.3. The first-order chi connectivity index (χ1) is 7.40. The molecule has 1 N–H and O–H groups in total. The Balaban J connectivity index is 2.62. The third-order valence-electron chi connectivity index (χ3n) is 1.52. The van der Waals surface area contributed by atoms with Gasteiger partial charge in [0.2, 0.25) is 5.88 Å². The largest absolute Gasteiger partial charge is 0.515 e. The predicted octanol–water partition coefficient (Wildman–Crippen LogP) is 1.89. The molecule has 1 aromatic heterocycles. The van der Waals surface area contributed by atoms with Crippen molar-refractivity contribution in [1.29, 1.82) is 0 Å². The lowest BCUT2D eigenvalue weighted by Gasteiger charge is -2.18. The first-order valence-corrected chi connectivity index (χ1v) is 4.88. The van der Waals surface area contributed by atoms with Crippen LogP contribution in [0.15, 0.2) is 18.2 Å². The fourth-order valence-electron chi connectivity index (χ4n) is 0.959. The van der Waals surface area contributed by atoms with Gasteiger partial charge in [-0.05, 0) is 26.8 Å². The molecule has 5 nitrogen and oxygen atoms in total. The van der Waals surface area contributed by atoms with E-state index in [2.05, 4.69) is 4.98 Å². The number of aliphatic hydroxyl groups excluding tert-OH is 1.